The number of nitrogens with zero attached hydrogens (tertiary/aromatic N) is 1. The number of halogens is 2. The molecule has 0 saturated heterocycles. The number of carboxylic acid groups (broad SMARTS) is 1. The van der Waals surface area contributed by atoms with Crippen LogP contribution < -0.4 is 5.43 Å². The predicted molar refractivity (Wildman–Crippen MR) is 90.5 cm³/mol. The number of aromatic carboxylic acids is 1. The summed E-state index contributed by atoms with van der Waals surface area (Å²) in [5.74, 6) is -0.922. The fourth-order valence-electron chi connectivity index (χ4n) is 1.58. The van der Waals surface area contributed by atoms with Crippen molar-refractivity contribution in [3.05, 3.63) is 56.1 Å². The first-order valence-electron chi connectivity index (χ1n) is 5.78. The zero-order valence-electron chi connectivity index (χ0n) is 10.5. The first-order valence-corrected chi connectivity index (χ1v) is 7.23. The van der Waals surface area contributed by atoms with E-state index in [4.69, 9.17) is 16.7 Å². The molecule has 0 radical (unpaired) electrons. The molecule has 7 heteroatoms. The minimum absolute atomic E-state index is 0.0878. The lowest BCUT2D eigenvalue weighted by Crippen LogP contribution is -1.98. The van der Waals surface area contributed by atoms with E-state index in [0.717, 1.165) is 0 Å². The van der Waals surface area contributed by atoms with Gasteiger partial charge in [0.15, 0.2) is 0 Å². The van der Waals surface area contributed by atoms with Gasteiger partial charge in [0, 0.05) is 10.6 Å². The highest BCUT2D eigenvalue weighted by atomic mass is 127. The van der Waals surface area contributed by atoms with Gasteiger partial charge >= 0.3 is 5.97 Å². The van der Waals surface area contributed by atoms with Gasteiger partial charge in [0.05, 0.1) is 21.0 Å². The number of phenolic OH excluding ortho intramolecular Hbond substituents is 1. The van der Waals surface area contributed by atoms with Crippen molar-refractivity contribution < 1.29 is 15.0 Å². The van der Waals surface area contributed by atoms with Crippen molar-refractivity contribution in [1.82, 2.24) is 0 Å². The van der Waals surface area contributed by atoms with E-state index in [-0.39, 0.29) is 11.3 Å². The summed E-state index contributed by atoms with van der Waals surface area (Å²) in [6.45, 7) is 0. The molecule has 0 fully saturated rings. The number of hydrazone groups is 1. The van der Waals surface area contributed by atoms with Gasteiger partial charge in [-0.3, -0.25) is 5.43 Å². The molecular weight excluding hydrogens is 407 g/mol. The van der Waals surface area contributed by atoms with Crippen molar-refractivity contribution >= 4 is 52.1 Å². The Morgan fingerprint density at radius 3 is 2.81 bits per heavy atom. The summed E-state index contributed by atoms with van der Waals surface area (Å²) in [4.78, 5) is 10.9. The minimum atomic E-state index is -1.01. The SMILES string of the molecule is O=C(O)c1cccc(NN=Cc2cc(Cl)cc(I)c2O)c1. The van der Waals surface area contributed by atoms with E-state index in [2.05, 4.69) is 10.5 Å². The topological polar surface area (TPSA) is 81.9 Å². The van der Waals surface area contributed by atoms with Gasteiger partial charge in [0.25, 0.3) is 0 Å². The number of aromatic hydroxyl groups is 1. The van der Waals surface area contributed by atoms with Crippen LogP contribution in [0.3, 0.4) is 0 Å². The number of nitrogens with one attached hydrogen (secondary N) is 1. The maximum Gasteiger partial charge on any atom is 0.335 e. The van der Waals surface area contributed by atoms with Gasteiger partial charge in [-0.05, 0) is 52.9 Å². The molecule has 0 aromatic heterocycles. The standard InChI is InChI=1S/C14H10ClIN2O3/c15-10-4-9(13(19)12(16)6-10)7-17-18-11-3-1-2-8(5-11)14(20)21/h1-7,18-19H,(H,20,21). The van der Waals surface area contributed by atoms with E-state index in [1.165, 1.54) is 18.3 Å². The Morgan fingerprint density at radius 2 is 2.10 bits per heavy atom. The average molecular weight is 417 g/mol. The molecule has 2 aromatic rings. The number of carboxylic acids is 1. The molecule has 108 valence electrons. The first kappa shape index (κ1) is 15.6. The van der Waals surface area contributed by atoms with Gasteiger partial charge in [-0.1, -0.05) is 17.7 Å². The Kier molecular flexibility index (Phi) is 5.03. The summed E-state index contributed by atoms with van der Waals surface area (Å²) in [5, 5.41) is 23.2. The number of carbonyl (C=O) groups is 1. The molecule has 0 saturated carbocycles. The fourth-order valence-corrected chi connectivity index (χ4v) is 2.64. The minimum Gasteiger partial charge on any atom is -0.506 e. The van der Waals surface area contributed by atoms with Crippen LogP contribution in [0.25, 0.3) is 0 Å². The van der Waals surface area contributed by atoms with Crippen LogP contribution in [0, 0.1) is 3.57 Å². The molecule has 3 N–H and O–H groups in total. The van der Waals surface area contributed by atoms with E-state index in [1.807, 2.05) is 22.6 Å². The average Bonchev–Trinajstić information content (AvgIpc) is 2.44. The molecule has 0 bridgehead atoms. The van der Waals surface area contributed by atoms with E-state index < -0.39 is 5.97 Å². The lowest BCUT2D eigenvalue weighted by atomic mass is 10.2. The Labute approximate surface area is 139 Å². The third-order valence-corrected chi connectivity index (χ3v) is 3.60. The van der Waals surface area contributed by atoms with Crippen molar-refractivity contribution in [2.24, 2.45) is 5.10 Å². The van der Waals surface area contributed by atoms with Crippen LogP contribution in [0.4, 0.5) is 5.69 Å². The van der Waals surface area contributed by atoms with Crippen LogP contribution >= 0.6 is 34.2 Å². The monoisotopic (exact) mass is 416 g/mol. The molecule has 0 heterocycles. The summed E-state index contributed by atoms with van der Waals surface area (Å²) >= 11 is 7.88. The quantitative estimate of drug-likeness (QED) is 0.402. The second kappa shape index (κ2) is 6.77. The summed E-state index contributed by atoms with van der Waals surface area (Å²) in [5.41, 5.74) is 3.86. The highest BCUT2D eigenvalue weighted by Gasteiger charge is 2.05. The zero-order chi connectivity index (χ0) is 15.4. The zero-order valence-corrected chi connectivity index (χ0v) is 13.5. The van der Waals surface area contributed by atoms with Crippen LogP contribution in [0.5, 0.6) is 5.75 Å². The second-order valence-corrected chi connectivity index (χ2v) is 5.68. The van der Waals surface area contributed by atoms with Crippen molar-refractivity contribution in [3.63, 3.8) is 0 Å². The molecule has 0 aliphatic rings. The first-order chi connectivity index (χ1) is 9.97. The maximum atomic E-state index is 10.9. The van der Waals surface area contributed by atoms with Gasteiger partial charge in [-0.15, -0.1) is 0 Å². The van der Waals surface area contributed by atoms with Gasteiger partial charge in [-0.25, -0.2) is 4.79 Å². The van der Waals surface area contributed by atoms with Crippen molar-refractivity contribution in [3.8, 4) is 5.75 Å². The number of hydrogen-bond donors (Lipinski definition) is 3. The van der Waals surface area contributed by atoms with Gasteiger partial charge in [0.1, 0.15) is 5.75 Å². The normalized spacial score (nSPS) is 10.8. The van der Waals surface area contributed by atoms with Gasteiger partial charge in [0.2, 0.25) is 0 Å². The Balaban J connectivity index is 2.16. The van der Waals surface area contributed by atoms with Crippen LogP contribution in [0.2, 0.25) is 5.02 Å². The van der Waals surface area contributed by atoms with Crippen molar-refractivity contribution in [2.45, 2.75) is 0 Å². The van der Waals surface area contributed by atoms with Crippen LogP contribution in [-0.4, -0.2) is 22.4 Å². The lowest BCUT2D eigenvalue weighted by Gasteiger charge is -2.04. The van der Waals surface area contributed by atoms with Crippen molar-refractivity contribution in [2.75, 3.05) is 5.43 Å². The molecule has 21 heavy (non-hydrogen) atoms. The smallest absolute Gasteiger partial charge is 0.335 e. The number of rotatable bonds is 4. The van der Waals surface area contributed by atoms with E-state index >= 15 is 0 Å². The third kappa shape index (κ3) is 4.08. The number of benzene rings is 2. The van der Waals surface area contributed by atoms with Crippen LogP contribution in [-0.2, 0) is 0 Å². The maximum absolute atomic E-state index is 10.9. The Bertz CT molecular complexity index is 719. The molecule has 0 aliphatic carbocycles. The van der Waals surface area contributed by atoms with Gasteiger partial charge in [-0.2, -0.15) is 5.10 Å². The molecule has 0 spiro atoms. The Hall–Kier alpha value is -1.80. The van der Waals surface area contributed by atoms with Gasteiger partial charge < -0.3 is 10.2 Å². The number of phenols is 1. The predicted octanol–water partition coefficient (Wildman–Crippen LogP) is 3.79. The third-order valence-electron chi connectivity index (χ3n) is 2.56. The van der Waals surface area contributed by atoms with E-state index in [1.54, 1.807) is 24.3 Å². The molecular formula is C14H10ClIN2O3. The largest absolute Gasteiger partial charge is 0.506 e. The fraction of sp³-hybridized carbons (Fsp3) is 0. The number of hydrogen-bond acceptors (Lipinski definition) is 4. The van der Waals surface area contributed by atoms with Crippen molar-refractivity contribution in [1.29, 1.82) is 0 Å². The highest BCUT2D eigenvalue weighted by molar-refractivity contribution is 14.1. The molecule has 2 aromatic carbocycles. The van der Waals surface area contributed by atoms with Crippen LogP contribution in [0.1, 0.15) is 15.9 Å². The highest BCUT2D eigenvalue weighted by Crippen LogP contribution is 2.27. The molecule has 0 unspecified atom stereocenters. The second-order valence-electron chi connectivity index (χ2n) is 4.08. The van der Waals surface area contributed by atoms with E-state index in [0.29, 0.717) is 19.8 Å². The van der Waals surface area contributed by atoms with Crippen LogP contribution in [0.15, 0.2) is 41.5 Å². The summed E-state index contributed by atoms with van der Waals surface area (Å²) in [6.07, 6.45) is 1.41. The Morgan fingerprint density at radius 1 is 1.33 bits per heavy atom. The summed E-state index contributed by atoms with van der Waals surface area (Å²) < 4.78 is 0.620. The lowest BCUT2D eigenvalue weighted by molar-refractivity contribution is 0.0697. The molecule has 5 nitrogen and oxygen atoms in total. The molecule has 0 atom stereocenters. The van der Waals surface area contributed by atoms with E-state index in [9.17, 15) is 9.90 Å². The summed E-state index contributed by atoms with van der Waals surface area (Å²) in [6, 6.07) is 9.46. The number of anilines is 1. The molecule has 0 aliphatic heterocycles. The molecule has 2 rings (SSSR count). The molecule has 0 amide bonds. The summed E-state index contributed by atoms with van der Waals surface area (Å²) in [7, 11) is 0.